The van der Waals surface area contributed by atoms with Crippen molar-refractivity contribution < 1.29 is 14.8 Å². The Morgan fingerprint density at radius 2 is 2.31 bits per heavy atom. The average Bonchev–Trinajstić information content (AvgIpc) is 2.28. The Morgan fingerprint density at radius 1 is 1.62 bits per heavy atom. The molecule has 1 aromatic carbocycles. The molecule has 1 rings (SSSR count). The molecule has 0 spiro atoms. The number of ether oxygens (including phenoxy) is 1. The Bertz CT molecular complexity index is 381. The predicted octanol–water partition coefficient (Wildman–Crippen LogP) is 0.465. The van der Waals surface area contributed by atoms with E-state index in [-0.39, 0.29) is 18.7 Å². The molecule has 1 unspecified atom stereocenters. The molecule has 1 aromatic rings. The molecule has 6 heteroatoms. The number of nitrogens with zero attached hydrogens (tertiary/aromatic N) is 1. The fourth-order valence-electron chi connectivity index (χ4n) is 1.38. The van der Waals surface area contributed by atoms with Crippen molar-refractivity contribution in [2.75, 3.05) is 13.7 Å². The number of methoxy groups -OCH3 is 1. The Hall–Kier alpha value is -1.66. The van der Waals surface area contributed by atoms with Gasteiger partial charge < -0.3 is 15.6 Å². The van der Waals surface area contributed by atoms with E-state index >= 15 is 0 Å². The standard InChI is InChI=1S/C10H14N2O4/c1-16-9-2-3-10(12(14)15)7(5-9)4-8(11)6-13/h2-3,5,8,13H,4,6,11H2,1H3. The van der Waals surface area contributed by atoms with E-state index in [1.165, 1.54) is 19.2 Å². The van der Waals surface area contributed by atoms with Crippen LogP contribution in [0.25, 0.3) is 0 Å². The predicted molar refractivity (Wildman–Crippen MR) is 58.4 cm³/mol. The van der Waals surface area contributed by atoms with Crippen LogP contribution in [0.2, 0.25) is 0 Å². The lowest BCUT2D eigenvalue weighted by atomic mass is 10.0. The Morgan fingerprint density at radius 3 is 2.81 bits per heavy atom. The van der Waals surface area contributed by atoms with Crippen LogP contribution in [-0.4, -0.2) is 29.8 Å². The van der Waals surface area contributed by atoms with Crippen LogP contribution in [0.5, 0.6) is 5.75 Å². The highest BCUT2D eigenvalue weighted by atomic mass is 16.6. The van der Waals surface area contributed by atoms with Crippen LogP contribution >= 0.6 is 0 Å². The van der Waals surface area contributed by atoms with Gasteiger partial charge in [-0.15, -0.1) is 0 Å². The lowest BCUT2D eigenvalue weighted by molar-refractivity contribution is -0.385. The van der Waals surface area contributed by atoms with Crippen molar-refractivity contribution in [3.8, 4) is 5.75 Å². The van der Waals surface area contributed by atoms with Crippen molar-refractivity contribution in [3.63, 3.8) is 0 Å². The van der Waals surface area contributed by atoms with Crippen LogP contribution in [0.3, 0.4) is 0 Å². The van der Waals surface area contributed by atoms with Gasteiger partial charge in [0.25, 0.3) is 5.69 Å². The van der Waals surface area contributed by atoms with Crippen LogP contribution in [0.15, 0.2) is 18.2 Å². The maximum atomic E-state index is 10.8. The summed E-state index contributed by atoms with van der Waals surface area (Å²) in [6.07, 6.45) is 0.240. The average molecular weight is 226 g/mol. The van der Waals surface area contributed by atoms with E-state index in [0.29, 0.717) is 11.3 Å². The van der Waals surface area contributed by atoms with Gasteiger partial charge >= 0.3 is 0 Å². The molecule has 1 atom stereocenters. The van der Waals surface area contributed by atoms with Crippen LogP contribution in [-0.2, 0) is 6.42 Å². The summed E-state index contributed by atoms with van der Waals surface area (Å²) in [7, 11) is 1.48. The fourth-order valence-corrected chi connectivity index (χ4v) is 1.38. The summed E-state index contributed by atoms with van der Waals surface area (Å²) in [5.41, 5.74) is 6.01. The zero-order valence-electron chi connectivity index (χ0n) is 8.92. The zero-order valence-corrected chi connectivity index (χ0v) is 8.92. The molecule has 88 valence electrons. The van der Waals surface area contributed by atoms with Crippen LogP contribution in [0.4, 0.5) is 5.69 Å². The molecular formula is C10H14N2O4. The van der Waals surface area contributed by atoms with Gasteiger partial charge in [-0.05, 0) is 18.6 Å². The first-order valence-corrected chi connectivity index (χ1v) is 4.76. The zero-order chi connectivity index (χ0) is 12.1. The smallest absolute Gasteiger partial charge is 0.272 e. The molecule has 0 radical (unpaired) electrons. The van der Waals surface area contributed by atoms with Crippen LogP contribution < -0.4 is 10.5 Å². The number of benzene rings is 1. The van der Waals surface area contributed by atoms with E-state index in [4.69, 9.17) is 15.6 Å². The van der Waals surface area contributed by atoms with Crippen molar-refractivity contribution >= 4 is 5.69 Å². The van der Waals surface area contributed by atoms with Gasteiger partial charge in [0.2, 0.25) is 0 Å². The highest BCUT2D eigenvalue weighted by Gasteiger charge is 2.16. The first-order chi connectivity index (χ1) is 7.58. The number of hydrogen-bond donors (Lipinski definition) is 2. The van der Waals surface area contributed by atoms with Crippen molar-refractivity contribution in [1.29, 1.82) is 0 Å². The SMILES string of the molecule is COc1ccc([N+](=O)[O-])c(CC(N)CO)c1. The van der Waals surface area contributed by atoms with E-state index in [0.717, 1.165) is 0 Å². The lowest BCUT2D eigenvalue weighted by Crippen LogP contribution is -2.27. The molecule has 0 heterocycles. The van der Waals surface area contributed by atoms with Crippen molar-refractivity contribution in [2.45, 2.75) is 12.5 Å². The summed E-state index contributed by atoms with van der Waals surface area (Å²) in [6.45, 7) is -0.214. The second kappa shape index (κ2) is 5.43. The molecule has 0 aliphatic rings. The van der Waals surface area contributed by atoms with Gasteiger partial charge in [0.05, 0.1) is 18.6 Å². The normalized spacial score (nSPS) is 12.2. The third kappa shape index (κ3) is 2.91. The van der Waals surface area contributed by atoms with E-state index in [2.05, 4.69) is 0 Å². The summed E-state index contributed by atoms with van der Waals surface area (Å²) in [6, 6.07) is 3.95. The topological polar surface area (TPSA) is 98.6 Å². The molecule has 3 N–H and O–H groups in total. The molecule has 0 aromatic heterocycles. The maximum Gasteiger partial charge on any atom is 0.272 e. The molecular weight excluding hydrogens is 212 g/mol. The highest BCUT2D eigenvalue weighted by molar-refractivity contribution is 5.45. The molecule has 16 heavy (non-hydrogen) atoms. The molecule has 0 saturated heterocycles. The van der Waals surface area contributed by atoms with Gasteiger partial charge in [-0.2, -0.15) is 0 Å². The third-order valence-electron chi connectivity index (χ3n) is 2.20. The van der Waals surface area contributed by atoms with Gasteiger partial charge in [-0.25, -0.2) is 0 Å². The monoisotopic (exact) mass is 226 g/mol. The van der Waals surface area contributed by atoms with Gasteiger partial charge in [-0.1, -0.05) is 0 Å². The number of rotatable bonds is 5. The van der Waals surface area contributed by atoms with E-state index in [1.54, 1.807) is 6.07 Å². The van der Waals surface area contributed by atoms with Gasteiger partial charge in [0.15, 0.2) is 0 Å². The number of nitro groups is 1. The van der Waals surface area contributed by atoms with Gasteiger partial charge in [-0.3, -0.25) is 10.1 Å². The lowest BCUT2D eigenvalue weighted by Gasteiger charge is -2.09. The summed E-state index contributed by atoms with van der Waals surface area (Å²) >= 11 is 0. The van der Waals surface area contributed by atoms with Crippen LogP contribution in [0.1, 0.15) is 5.56 Å². The molecule has 0 aliphatic heterocycles. The van der Waals surface area contributed by atoms with Crippen molar-refractivity contribution in [2.24, 2.45) is 5.73 Å². The number of hydrogen-bond acceptors (Lipinski definition) is 5. The Kier molecular flexibility index (Phi) is 4.21. The van der Waals surface area contributed by atoms with Gasteiger partial charge in [0.1, 0.15) is 5.75 Å². The Balaban J connectivity index is 3.05. The van der Waals surface area contributed by atoms with Crippen molar-refractivity contribution in [1.82, 2.24) is 0 Å². The minimum atomic E-state index is -0.509. The molecule has 6 nitrogen and oxygen atoms in total. The second-order valence-electron chi connectivity index (χ2n) is 3.40. The largest absolute Gasteiger partial charge is 0.497 e. The molecule has 0 aliphatic carbocycles. The quantitative estimate of drug-likeness (QED) is 0.561. The number of nitro benzene ring substituents is 1. The minimum absolute atomic E-state index is 0.00954. The van der Waals surface area contributed by atoms with E-state index in [1.807, 2.05) is 0 Å². The summed E-state index contributed by atoms with van der Waals surface area (Å²) < 4.78 is 4.98. The van der Waals surface area contributed by atoms with Crippen molar-refractivity contribution in [3.05, 3.63) is 33.9 Å². The summed E-state index contributed by atoms with van der Waals surface area (Å²) in [5, 5.41) is 19.6. The maximum absolute atomic E-state index is 10.8. The Labute approximate surface area is 92.8 Å². The van der Waals surface area contributed by atoms with E-state index < -0.39 is 11.0 Å². The summed E-state index contributed by atoms with van der Waals surface area (Å²) in [5.74, 6) is 0.533. The molecule has 0 fully saturated rings. The van der Waals surface area contributed by atoms with Crippen LogP contribution in [0, 0.1) is 10.1 Å². The van der Waals surface area contributed by atoms with Gasteiger partial charge in [0, 0.05) is 17.7 Å². The second-order valence-corrected chi connectivity index (χ2v) is 3.40. The molecule has 0 bridgehead atoms. The molecule has 0 amide bonds. The number of nitrogens with two attached hydrogens (primary N) is 1. The fraction of sp³-hybridized carbons (Fsp3) is 0.400. The number of aliphatic hydroxyl groups excluding tert-OH is 1. The highest BCUT2D eigenvalue weighted by Crippen LogP contribution is 2.24. The first-order valence-electron chi connectivity index (χ1n) is 4.76. The first kappa shape index (κ1) is 12.4. The minimum Gasteiger partial charge on any atom is -0.497 e. The summed E-state index contributed by atoms with van der Waals surface area (Å²) in [4.78, 5) is 10.3. The molecule has 0 saturated carbocycles. The number of aliphatic hydroxyl groups is 1. The van der Waals surface area contributed by atoms with E-state index in [9.17, 15) is 10.1 Å². The third-order valence-corrected chi connectivity index (χ3v) is 2.20.